The van der Waals surface area contributed by atoms with E-state index < -0.39 is 0 Å². The molecule has 2 atom stereocenters. The minimum Gasteiger partial charge on any atom is -0.508 e. The predicted molar refractivity (Wildman–Crippen MR) is 94.9 cm³/mol. The number of rotatable bonds is 6. The number of fused-ring (bicyclic) bond motifs is 1. The molecule has 1 aliphatic carbocycles. The summed E-state index contributed by atoms with van der Waals surface area (Å²) < 4.78 is 4.95. The Morgan fingerprint density at radius 3 is 2.91 bits per heavy atom. The van der Waals surface area contributed by atoms with Gasteiger partial charge in [-0.2, -0.15) is 11.8 Å². The number of hydrogen-bond acceptors (Lipinski definition) is 5. The first kappa shape index (κ1) is 18.1. The summed E-state index contributed by atoms with van der Waals surface area (Å²) in [7, 11) is 0. The molecule has 23 heavy (non-hydrogen) atoms. The van der Waals surface area contributed by atoms with Crippen molar-refractivity contribution in [3.05, 3.63) is 29.3 Å². The summed E-state index contributed by atoms with van der Waals surface area (Å²) in [6.07, 6.45) is 2.19. The second kappa shape index (κ2) is 7.58. The summed E-state index contributed by atoms with van der Waals surface area (Å²) in [5.74, 6) is 1.08. The van der Waals surface area contributed by atoms with Crippen LogP contribution in [0, 0.1) is 0 Å². The number of hydrogen-bond donors (Lipinski definition) is 2. The number of aromatic hydroxyl groups is 1. The van der Waals surface area contributed by atoms with Gasteiger partial charge < -0.3 is 15.6 Å². The smallest absolute Gasteiger partial charge is 0.305 e. The molecular weight excluding hydrogens is 310 g/mol. The lowest BCUT2D eigenvalue weighted by Gasteiger charge is -2.43. The van der Waals surface area contributed by atoms with Gasteiger partial charge in [-0.3, -0.25) is 4.79 Å². The topological polar surface area (TPSA) is 72.5 Å². The number of carbonyl (C=O) groups excluding carboxylic acids is 1. The molecule has 0 amide bonds. The second-order valence-electron chi connectivity index (χ2n) is 6.61. The van der Waals surface area contributed by atoms with Crippen molar-refractivity contribution < 1.29 is 14.6 Å². The zero-order valence-corrected chi connectivity index (χ0v) is 15.0. The van der Waals surface area contributed by atoms with Crippen molar-refractivity contribution in [1.29, 1.82) is 0 Å². The van der Waals surface area contributed by atoms with Gasteiger partial charge in [0.25, 0.3) is 0 Å². The number of phenols is 1. The fraction of sp³-hybridized carbons (Fsp3) is 0.611. The van der Waals surface area contributed by atoms with E-state index in [1.165, 1.54) is 5.56 Å². The number of carbonyl (C=O) groups is 1. The lowest BCUT2D eigenvalue weighted by Crippen LogP contribution is -2.52. The molecule has 0 spiro atoms. The molecule has 0 saturated carbocycles. The van der Waals surface area contributed by atoms with Gasteiger partial charge >= 0.3 is 5.97 Å². The summed E-state index contributed by atoms with van der Waals surface area (Å²) in [4.78, 5) is 11.4. The van der Waals surface area contributed by atoms with E-state index in [4.69, 9.17) is 10.5 Å². The SMILES string of the molecule is CCOC(=O)CCCS[C@H]1Cc2ccc(O)cc2C(C)(C)[C@@H]1N. The van der Waals surface area contributed by atoms with Gasteiger partial charge in [-0.05, 0) is 48.8 Å². The zero-order valence-electron chi connectivity index (χ0n) is 14.2. The lowest BCUT2D eigenvalue weighted by molar-refractivity contribution is -0.143. The third-order valence-corrected chi connectivity index (χ3v) is 6.02. The molecule has 1 aromatic rings. The Labute approximate surface area is 142 Å². The van der Waals surface area contributed by atoms with E-state index in [-0.39, 0.29) is 17.4 Å². The Morgan fingerprint density at radius 1 is 1.48 bits per heavy atom. The van der Waals surface area contributed by atoms with Gasteiger partial charge in [-0.25, -0.2) is 0 Å². The van der Waals surface area contributed by atoms with Gasteiger partial charge in [0.15, 0.2) is 0 Å². The molecule has 1 aromatic carbocycles. The Balaban J connectivity index is 1.97. The van der Waals surface area contributed by atoms with Crippen LogP contribution in [-0.2, 0) is 21.4 Å². The van der Waals surface area contributed by atoms with Gasteiger partial charge in [0, 0.05) is 23.1 Å². The minimum absolute atomic E-state index is 0.0180. The van der Waals surface area contributed by atoms with E-state index in [1.807, 2.05) is 30.8 Å². The zero-order chi connectivity index (χ0) is 17.0. The highest BCUT2D eigenvalue weighted by Crippen LogP contribution is 2.41. The minimum atomic E-state index is -0.175. The Bertz CT molecular complexity index is 559. The van der Waals surface area contributed by atoms with Crippen molar-refractivity contribution in [2.24, 2.45) is 5.73 Å². The molecule has 0 unspecified atom stereocenters. The molecule has 0 aliphatic heterocycles. The van der Waals surface area contributed by atoms with Crippen LogP contribution in [0.15, 0.2) is 18.2 Å². The summed E-state index contributed by atoms with van der Waals surface area (Å²) in [5.41, 5.74) is 8.75. The van der Waals surface area contributed by atoms with Crippen molar-refractivity contribution in [2.75, 3.05) is 12.4 Å². The Hall–Kier alpha value is -1.20. The molecule has 0 saturated heterocycles. The van der Waals surface area contributed by atoms with Crippen molar-refractivity contribution in [1.82, 2.24) is 0 Å². The van der Waals surface area contributed by atoms with E-state index >= 15 is 0 Å². The van der Waals surface area contributed by atoms with E-state index in [0.717, 1.165) is 24.2 Å². The maximum atomic E-state index is 11.4. The maximum Gasteiger partial charge on any atom is 0.305 e. The average Bonchev–Trinajstić information content (AvgIpc) is 2.50. The molecule has 0 bridgehead atoms. The molecule has 0 radical (unpaired) electrons. The summed E-state index contributed by atoms with van der Waals surface area (Å²) >= 11 is 1.84. The molecule has 1 aliphatic rings. The van der Waals surface area contributed by atoms with Crippen LogP contribution in [0.25, 0.3) is 0 Å². The van der Waals surface area contributed by atoms with Gasteiger partial charge in [-0.1, -0.05) is 19.9 Å². The van der Waals surface area contributed by atoms with Crippen molar-refractivity contribution >= 4 is 17.7 Å². The second-order valence-corrected chi connectivity index (χ2v) is 7.96. The number of benzene rings is 1. The highest BCUT2D eigenvalue weighted by molar-refractivity contribution is 7.99. The standard InChI is InChI=1S/C18H27NO3S/c1-4-22-16(21)6-5-9-23-15-10-12-7-8-13(20)11-14(12)18(2,3)17(15)19/h7-8,11,15,17,20H,4-6,9-10,19H2,1-3H3/t15-,17+/m0/s1. The average molecular weight is 337 g/mol. The van der Waals surface area contributed by atoms with Crippen LogP contribution < -0.4 is 5.73 Å². The van der Waals surface area contributed by atoms with Crippen LogP contribution in [0.1, 0.15) is 44.7 Å². The van der Waals surface area contributed by atoms with Crippen LogP contribution in [0.4, 0.5) is 0 Å². The summed E-state index contributed by atoms with van der Waals surface area (Å²) in [6.45, 7) is 6.55. The van der Waals surface area contributed by atoms with Crippen LogP contribution >= 0.6 is 11.8 Å². The highest BCUT2D eigenvalue weighted by Gasteiger charge is 2.40. The number of nitrogens with two attached hydrogens (primary N) is 1. The van der Waals surface area contributed by atoms with Gasteiger partial charge in [0.2, 0.25) is 0 Å². The fourth-order valence-electron chi connectivity index (χ4n) is 3.18. The normalized spacial score (nSPS) is 22.4. The lowest BCUT2D eigenvalue weighted by atomic mass is 9.69. The van der Waals surface area contributed by atoms with Crippen LogP contribution in [-0.4, -0.2) is 34.7 Å². The van der Waals surface area contributed by atoms with Gasteiger partial charge in [-0.15, -0.1) is 0 Å². The molecule has 5 heteroatoms. The van der Waals surface area contributed by atoms with E-state index in [2.05, 4.69) is 13.8 Å². The first-order chi connectivity index (χ1) is 10.9. The number of ether oxygens (including phenoxy) is 1. The highest BCUT2D eigenvalue weighted by atomic mass is 32.2. The molecule has 4 nitrogen and oxygen atoms in total. The quantitative estimate of drug-likeness (QED) is 0.617. The first-order valence-corrected chi connectivity index (χ1v) is 9.26. The molecule has 0 aromatic heterocycles. The number of phenolic OH excluding ortho intramolecular Hbond substituents is 1. The Morgan fingerprint density at radius 2 is 2.22 bits per heavy atom. The maximum absolute atomic E-state index is 11.4. The summed E-state index contributed by atoms with van der Waals surface area (Å²) in [5, 5.41) is 10.1. The van der Waals surface area contributed by atoms with Crippen molar-refractivity contribution in [3.63, 3.8) is 0 Å². The number of thioether (sulfide) groups is 1. The van der Waals surface area contributed by atoms with Crippen LogP contribution in [0.5, 0.6) is 5.75 Å². The molecule has 0 heterocycles. The van der Waals surface area contributed by atoms with E-state index in [1.54, 1.807) is 6.07 Å². The summed E-state index contributed by atoms with van der Waals surface area (Å²) in [6, 6.07) is 5.61. The third-order valence-electron chi connectivity index (χ3n) is 4.61. The predicted octanol–water partition coefficient (Wildman–Crippen LogP) is 3.00. The molecular formula is C18H27NO3S. The first-order valence-electron chi connectivity index (χ1n) is 8.21. The van der Waals surface area contributed by atoms with Gasteiger partial charge in [0.1, 0.15) is 5.75 Å². The molecule has 128 valence electrons. The monoisotopic (exact) mass is 337 g/mol. The fourth-order valence-corrected chi connectivity index (χ4v) is 4.64. The van der Waals surface area contributed by atoms with Crippen LogP contribution in [0.3, 0.4) is 0 Å². The van der Waals surface area contributed by atoms with E-state index in [0.29, 0.717) is 24.0 Å². The largest absolute Gasteiger partial charge is 0.508 e. The third kappa shape index (κ3) is 4.21. The van der Waals surface area contributed by atoms with Crippen LogP contribution in [0.2, 0.25) is 0 Å². The van der Waals surface area contributed by atoms with Crippen molar-refractivity contribution in [3.8, 4) is 5.75 Å². The molecule has 3 N–H and O–H groups in total. The van der Waals surface area contributed by atoms with Gasteiger partial charge in [0.05, 0.1) is 6.61 Å². The molecule has 0 fully saturated rings. The Kier molecular flexibility index (Phi) is 5.98. The van der Waals surface area contributed by atoms with Crippen molar-refractivity contribution in [2.45, 2.75) is 56.7 Å². The molecule has 2 rings (SSSR count). The van der Waals surface area contributed by atoms with E-state index in [9.17, 15) is 9.90 Å². The number of esters is 1.